The van der Waals surface area contributed by atoms with Crippen molar-refractivity contribution < 1.29 is 4.79 Å². The maximum absolute atomic E-state index is 12.3. The van der Waals surface area contributed by atoms with Gasteiger partial charge in [-0.2, -0.15) is 0 Å². The molecular formula is C18H19N5O. The summed E-state index contributed by atoms with van der Waals surface area (Å²) in [7, 11) is 0. The summed E-state index contributed by atoms with van der Waals surface area (Å²) in [5.74, 6) is 0.887. The molecule has 122 valence electrons. The molecule has 4 rings (SSSR count). The van der Waals surface area contributed by atoms with E-state index in [0.717, 1.165) is 41.2 Å². The number of carbonyl (C=O) groups is 1. The number of anilines is 1. The van der Waals surface area contributed by atoms with Gasteiger partial charge in [0.05, 0.1) is 22.9 Å². The first kappa shape index (κ1) is 14.8. The van der Waals surface area contributed by atoms with Gasteiger partial charge in [0.2, 0.25) is 0 Å². The highest BCUT2D eigenvalue weighted by molar-refractivity contribution is 6.03. The summed E-state index contributed by atoms with van der Waals surface area (Å²) in [6.07, 6.45) is 7.75. The molecule has 1 amide bonds. The van der Waals surface area contributed by atoms with E-state index in [9.17, 15) is 4.79 Å². The van der Waals surface area contributed by atoms with E-state index < -0.39 is 0 Å². The van der Waals surface area contributed by atoms with Gasteiger partial charge in [-0.3, -0.25) is 9.78 Å². The summed E-state index contributed by atoms with van der Waals surface area (Å²) in [6.45, 7) is 2.86. The second-order valence-corrected chi connectivity index (χ2v) is 6.19. The molecule has 2 aromatic heterocycles. The van der Waals surface area contributed by atoms with Crippen LogP contribution >= 0.6 is 0 Å². The van der Waals surface area contributed by atoms with Gasteiger partial charge in [-0.1, -0.05) is 6.42 Å². The molecular weight excluding hydrogens is 302 g/mol. The smallest absolute Gasteiger partial charge is 0.275 e. The maximum Gasteiger partial charge on any atom is 0.275 e. The Labute approximate surface area is 140 Å². The van der Waals surface area contributed by atoms with Crippen LogP contribution in [0.15, 0.2) is 30.6 Å². The third-order valence-corrected chi connectivity index (χ3v) is 4.38. The van der Waals surface area contributed by atoms with Crippen LogP contribution in [-0.4, -0.2) is 25.4 Å². The van der Waals surface area contributed by atoms with Crippen molar-refractivity contribution in [3.8, 4) is 0 Å². The van der Waals surface area contributed by atoms with Gasteiger partial charge < -0.3 is 9.88 Å². The fourth-order valence-corrected chi connectivity index (χ4v) is 3.13. The van der Waals surface area contributed by atoms with Gasteiger partial charge >= 0.3 is 0 Å². The van der Waals surface area contributed by atoms with Gasteiger partial charge in [-0.25, -0.2) is 9.97 Å². The Morgan fingerprint density at radius 3 is 2.92 bits per heavy atom. The molecule has 0 radical (unpaired) electrons. The molecule has 1 aliphatic rings. The van der Waals surface area contributed by atoms with Gasteiger partial charge in [-0.15, -0.1) is 0 Å². The molecule has 0 saturated heterocycles. The average Bonchev–Trinajstić information content (AvgIpc) is 2.76. The Bertz CT molecular complexity index is 898. The fourth-order valence-electron chi connectivity index (χ4n) is 3.13. The van der Waals surface area contributed by atoms with Crippen molar-refractivity contribution >= 4 is 22.6 Å². The van der Waals surface area contributed by atoms with Gasteiger partial charge in [0.1, 0.15) is 11.5 Å². The van der Waals surface area contributed by atoms with Crippen molar-refractivity contribution in [2.45, 2.75) is 39.2 Å². The van der Waals surface area contributed by atoms with Crippen LogP contribution in [0.2, 0.25) is 0 Å². The van der Waals surface area contributed by atoms with Crippen LogP contribution in [0.1, 0.15) is 41.3 Å². The third-order valence-electron chi connectivity index (χ3n) is 4.38. The van der Waals surface area contributed by atoms with Crippen LogP contribution in [0.5, 0.6) is 0 Å². The minimum absolute atomic E-state index is 0.261. The third kappa shape index (κ3) is 2.75. The minimum atomic E-state index is -0.261. The van der Waals surface area contributed by atoms with E-state index in [2.05, 4.69) is 19.9 Å². The number of rotatable bonds is 2. The Hall–Kier alpha value is -2.76. The predicted molar refractivity (Wildman–Crippen MR) is 92.0 cm³/mol. The van der Waals surface area contributed by atoms with Crippen molar-refractivity contribution in [2.24, 2.45) is 0 Å². The number of amides is 1. The molecule has 6 nitrogen and oxygen atoms in total. The summed E-state index contributed by atoms with van der Waals surface area (Å²) in [5.41, 5.74) is 3.89. The van der Waals surface area contributed by atoms with Gasteiger partial charge in [-0.05, 0) is 38.0 Å². The zero-order chi connectivity index (χ0) is 16.5. The van der Waals surface area contributed by atoms with Gasteiger partial charge in [0.25, 0.3) is 5.91 Å². The number of aryl methyl sites for hydroxylation is 3. The minimum Gasteiger partial charge on any atom is -0.328 e. The SMILES string of the molecule is Cc1cnc(C(=O)Nc2ccc3c(c2)nc2n3CCCCC2)cn1. The summed E-state index contributed by atoms with van der Waals surface area (Å²) in [5, 5.41) is 2.87. The molecule has 0 spiro atoms. The topological polar surface area (TPSA) is 72.7 Å². The van der Waals surface area contributed by atoms with Crippen molar-refractivity contribution in [2.75, 3.05) is 5.32 Å². The van der Waals surface area contributed by atoms with Crippen LogP contribution < -0.4 is 5.32 Å². The monoisotopic (exact) mass is 321 g/mol. The van der Waals surface area contributed by atoms with Crippen molar-refractivity contribution in [1.29, 1.82) is 0 Å². The number of nitrogens with one attached hydrogen (secondary N) is 1. The average molecular weight is 321 g/mol. The highest BCUT2D eigenvalue weighted by Crippen LogP contribution is 2.24. The Morgan fingerprint density at radius 2 is 2.08 bits per heavy atom. The van der Waals surface area contributed by atoms with E-state index in [1.165, 1.54) is 25.5 Å². The van der Waals surface area contributed by atoms with Crippen LogP contribution in [0.3, 0.4) is 0 Å². The number of aromatic nitrogens is 4. The van der Waals surface area contributed by atoms with E-state index in [-0.39, 0.29) is 5.91 Å². The molecule has 0 aliphatic carbocycles. The van der Waals surface area contributed by atoms with Crippen LogP contribution in [-0.2, 0) is 13.0 Å². The molecule has 0 bridgehead atoms. The number of imidazole rings is 1. The second kappa shape index (κ2) is 6.03. The quantitative estimate of drug-likeness (QED) is 0.787. The van der Waals surface area contributed by atoms with Gasteiger partial charge in [0, 0.05) is 24.8 Å². The molecule has 0 unspecified atom stereocenters. The largest absolute Gasteiger partial charge is 0.328 e. The summed E-state index contributed by atoms with van der Waals surface area (Å²) >= 11 is 0. The predicted octanol–water partition coefficient (Wildman–Crippen LogP) is 3.11. The first-order chi connectivity index (χ1) is 11.7. The number of fused-ring (bicyclic) bond motifs is 3. The normalized spacial score (nSPS) is 14.2. The van der Waals surface area contributed by atoms with Crippen LogP contribution in [0, 0.1) is 6.92 Å². The Balaban J connectivity index is 1.61. The van der Waals surface area contributed by atoms with Crippen molar-refractivity contribution in [3.63, 3.8) is 0 Å². The van der Waals surface area contributed by atoms with E-state index in [1.54, 1.807) is 6.20 Å². The lowest BCUT2D eigenvalue weighted by molar-refractivity contribution is 0.102. The maximum atomic E-state index is 12.3. The standard InChI is InChI=1S/C18H19N5O/c1-12-10-20-15(11-19-12)18(24)21-13-6-7-16-14(9-13)22-17-5-3-2-4-8-23(16)17/h6-7,9-11H,2-5,8H2,1H3,(H,21,24). The summed E-state index contributed by atoms with van der Waals surface area (Å²) in [4.78, 5) is 25.2. The molecule has 0 fully saturated rings. The molecule has 24 heavy (non-hydrogen) atoms. The van der Waals surface area contributed by atoms with E-state index in [1.807, 2.05) is 25.1 Å². The van der Waals surface area contributed by atoms with E-state index >= 15 is 0 Å². The Morgan fingerprint density at radius 1 is 1.17 bits per heavy atom. The highest BCUT2D eigenvalue weighted by atomic mass is 16.1. The second-order valence-electron chi connectivity index (χ2n) is 6.19. The number of benzene rings is 1. The van der Waals surface area contributed by atoms with Crippen molar-refractivity contribution in [3.05, 3.63) is 47.8 Å². The lowest BCUT2D eigenvalue weighted by Gasteiger charge is -2.06. The summed E-state index contributed by atoms with van der Waals surface area (Å²) < 4.78 is 2.30. The molecule has 6 heteroatoms. The lowest BCUT2D eigenvalue weighted by atomic mass is 10.2. The molecule has 3 heterocycles. The first-order valence-corrected chi connectivity index (χ1v) is 8.30. The number of hydrogen-bond acceptors (Lipinski definition) is 4. The molecule has 1 aliphatic heterocycles. The van der Waals surface area contributed by atoms with Gasteiger partial charge in [0.15, 0.2) is 0 Å². The zero-order valence-corrected chi connectivity index (χ0v) is 13.6. The molecule has 1 N–H and O–H groups in total. The van der Waals surface area contributed by atoms with Crippen LogP contribution in [0.25, 0.3) is 11.0 Å². The molecule has 0 saturated carbocycles. The highest BCUT2D eigenvalue weighted by Gasteiger charge is 2.14. The van der Waals surface area contributed by atoms with E-state index in [0.29, 0.717) is 5.69 Å². The first-order valence-electron chi connectivity index (χ1n) is 8.30. The number of hydrogen-bond donors (Lipinski definition) is 1. The Kier molecular flexibility index (Phi) is 3.72. The summed E-state index contributed by atoms with van der Waals surface area (Å²) in [6, 6.07) is 5.88. The molecule has 1 aromatic carbocycles. The number of carbonyl (C=O) groups excluding carboxylic acids is 1. The number of nitrogens with zero attached hydrogens (tertiary/aromatic N) is 4. The van der Waals surface area contributed by atoms with Crippen LogP contribution in [0.4, 0.5) is 5.69 Å². The van der Waals surface area contributed by atoms with Crippen molar-refractivity contribution in [1.82, 2.24) is 19.5 Å². The fraction of sp³-hybridized carbons (Fsp3) is 0.333. The molecule has 3 aromatic rings. The molecule has 0 atom stereocenters. The zero-order valence-electron chi connectivity index (χ0n) is 13.6. The lowest BCUT2D eigenvalue weighted by Crippen LogP contribution is -2.14. The van der Waals surface area contributed by atoms with E-state index in [4.69, 9.17) is 4.98 Å².